The number of aryl methyl sites for hydroxylation is 1. The third-order valence-corrected chi connectivity index (χ3v) is 2.02. The molecule has 0 radical (unpaired) electrons. The van der Waals surface area contributed by atoms with Gasteiger partial charge < -0.3 is 4.57 Å². The van der Waals surface area contributed by atoms with Crippen molar-refractivity contribution in [3.05, 3.63) is 17.7 Å². The molecular formula is C8H13ClN2. The molecule has 0 aliphatic carbocycles. The molecule has 0 aliphatic rings. The number of hydrogen-bond acceptors (Lipinski definition) is 1. The fourth-order valence-corrected chi connectivity index (χ4v) is 1.44. The fourth-order valence-electron chi connectivity index (χ4n) is 1.12. The van der Waals surface area contributed by atoms with Gasteiger partial charge in [-0.25, -0.2) is 4.98 Å². The Bertz CT molecular complexity index is 240. The lowest BCUT2D eigenvalue weighted by atomic mass is 10.1. The molecule has 1 aromatic heterocycles. The van der Waals surface area contributed by atoms with E-state index in [1.165, 1.54) is 0 Å². The molecule has 0 atom stereocenters. The summed E-state index contributed by atoms with van der Waals surface area (Å²) in [6, 6.07) is 0. The van der Waals surface area contributed by atoms with Gasteiger partial charge in [0.05, 0.1) is 23.6 Å². The van der Waals surface area contributed by atoms with Gasteiger partial charge in [-0.2, -0.15) is 0 Å². The molecule has 0 aromatic carbocycles. The summed E-state index contributed by atoms with van der Waals surface area (Å²) < 4.78 is 1.97. The third kappa shape index (κ3) is 1.56. The van der Waals surface area contributed by atoms with Crippen LogP contribution in [0, 0.1) is 0 Å². The van der Waals surface area contributed by atoms with Crippen LogP contribution in [0.25, 0.3) is 0 Å². The first-order valence-electron chi connectivity index (χ1n) is 3.73. The Hall–Kier alpha value is -0.500. The summed E-state index contributed by atoms with van der Waals surface area (Å²) in [7, 11) is 1.97. The second kappa shape index (κ2) is 3.26. The molecule has 0 N–H and O–H groups in total. The summed E-state index contributed by atoms with van der Waals surface area (Å²) in [4.78, 5) is 4.26. The van der Waals surface area contributed by atoms with Gasteiger partial charge in [-0.05, 0) is 5.92 Å². The van der Waals surface area contributed by atoms with Crippen LogP contribution in [0.2, 0.25) is 0 Å². The molecule has 0 bridgehead atoms. The molecule has 0 amide bonds. The van der Waals surface area contributed by atoms with Gasteiger partial charge in [0.15, 0.2) is 0 Å². The number of hydrogen-bond donors (Lipinski definition) is 0. The van der Waals surface area contributed by atoms with Crippen molar-refractivity contribution in [3.8, 4) is 0 Å². The number of nitrogens with zero attached hydrogens (tertiary/aromatic N) is 2. The summed E-state index contributed by atoms with van der Waals surface area (Å²) in [5, 5.41) is 0. The lowest BCUT2D eigenvalue weighted by molar-refractivity contribution is 0.802. The molecule has 62 valence electrons. The zero-order chi connectivity index (χ0) is 8.43. The van der Waals surface area contributed by atoms with Crippen molar-refractivity contribution >= 4 is 11.6 Å². The van der Waals surface area contributed by atoms with E-state index in [0.29, 0.717) is 11.8 Å². The summed E-state index contributed by atoms with van der Waals surface area (Å²) >= 11 is 5.76. The topological polar surface area (TPSA) is 17.8 Å². The van der Waals surface area contributed by atoms with Crippen molar-refractivity contribution in [1.82, 2.24) is 9.55 Å². The average Bonchev–Trinajstić information content (AvgIpc) is 2.30. The van der Waals surface area contributed by atoms with E-state index in [1.807, 2.05) is 17.9 Å². The molecule has 0 spiro atoms. The van der Waals surface area contributed by atoms with Gasteiger partial charge in [0.1, 0.15) is 0 Å². The van der Waals surface area contributed by atoms with Crippen LogP contribution >= 0.6 is 11.6 Å². The van der Waals surface area contributed by atoms with Gasteiger partial charge >= 0.3 is 0 Å². The summed E-state index contributed by atoms with van der Waals surface area (Å²) in [6.45, 7) is 4.25. The molecule has 2 nitrogen and oxygen atoms in total. The molecule has 0 unspecified atom stereocenters. The third-order valence-electron chi connectivity index (χ3n) is 1.76. The van der Waals surface area contributed by atoms with Gasteiger partial charge in [0, 0.05) is 7.05 Å². The first kappa shape index (κ1) is 8.60. The molecule has 11 heavy (non-hydrogen) atoms. The summed E-state index contributed by atoms with van der Waals surface area (Å²) in [5.41, 5.74) is 2.24. The average molecular weight is 173 g/mol. The molecule has 1 rings (SSSR count). The minimum Gasteiger partial charge on any atom is -0.336 e. The smallest absolute Gasteiger partial charge is 0.0949 e. The number of halogens is 1. The maximum Gasteiger partial charge on any atom is 0.0949 e. The molecular weight excluding hydrogens is 160 g/mol. The quantitative estimate of drug-likeness (QED) is 0.626. The highest BCUT2D eigenvalue weighted by molar-refractivity contribution is 6.17. The standard InChI is InChI=1S/C8H13ClN2/c1-6(2)8-7(4-9)11(3)5-10-8/h5-6H,4H2,1-3H3. The second-order valence-corrected chi connectivity index (χ2v) is 3.24. The van der Waals surface area contributed by atoms with Gasteiger partial charge in [-0.1, -0.05) is 13.8 Å². The van der Waals surface area contributed by atoms with Crippen LogP contribution in [0.3, 0.4) is 0 Å². The number of rotatable bonds is 2. The normalized spacial score (nSPS) is 11.0. The number of alkyl halides is 1. The molecule has 1 heterocycles. The van der Waals surface area contributed by atoms with Gasteiger partial charge in [0.25, 0.3) is 0 Å². The summed E-state index contributed by atoms with van der Waals surface area (Å²) in [6.07, 6.45) is 1.81. The van der Waals surface area contributed by atoms with E-state index in [0.717, 1.165) is 11.4 Å². The lowest BCUT2D eigenvalue weighted by Crippen LogP contribution is -1.97. The Morgan fingerprint density at radius 2 is 2.27 bits per heavy atom. The largest absolute Gasteiger partial charge is 0.336 e. The Morgan fingerprint density at radius 3 is 2.64 bits per heavy atom. The van der Waals surface area contributed by atoms with Crippen LogP contribution in [0.5, 0.6) is 0 Å². The molecule has 3 heteroatoms. The van der Waals surface area contributed by atoms with Crippen molar-refractivity contribution in [2.24, 2.45) is 7.05 Å². The minimum absolute atomic E-state index is 0.463. The maximum atomic E-state index is 5.76. The van der Waals surface area contributed by atoms with Crippen LogP contribution in [0.15, 0.2) is 6.33 Å². The predicted octanol–water partition coefficient (Wildman–Crippen LogP) is 2.28. The van der Waals surface area contributed by atoms with Crippen LogP contribution < -0.4 is 0 Å². The Labute approximate surface area is 72.2 Å². The zero-order valence-electron chi connectivity index (χ0n) is 7.13. The van der Waals surface area contributed by atoms with E-state index in [9.17, 15) is 0 Å². The van der Waals surface area contributed by atoms with E-state index >= 15 is 0 Å². The van der Waals surface area contributed by atoms with Crippen molar-refractivity contribution in [1.29, 1.82) is 0 Å². The van der Waals surface area contributed by atoms with E-state index < -0.39 is 0 Å². The maximum absolute atomic E-state index is 5.76. The number of aromatic nitrogens is 2. The molecule has 0 fully saturated rings. The fraction of sp³-hybridized carbons (Fsp3) is 0.625. The first-order valence-corrected chi connectivity index (χ1v) is 4.26. The molecule has 0 aliphatic heterocycles. The Morgan fingerprint density at radius 1 is 1.64 bits per heavy atom. The van der Waals surface area contributed by atoms with Crippen LogP contribution in [-0.4, -0.2) is 9.55 Å². The molecule has 0 saturated heterocycles. The van der Waals surface area contributed by atoms with Gasteiger partial charge in [-0.15, -0.1) is 11.6 Å². The SMILES string of the molecule is CC(C)c1ncn(C)c1CCl. The Kier molecular flexibility index (Phi) is 2.55. The highest BCUT2D eigenvalue weighted by Gasteiger charge is 2.09. The highest BCUT2D eigenvalue weighted by Crippen LogP contribution is 2.18. The first-order chi connectivity index (χ1) is 5.16. The van der Waals surface area contributed by atoms with E-state index in [1.54, 1.807) is 0 Å². The van der Waals surface area contributed by atoms with Crippen LogP contribution in [0.1, 0.15) is 31.2 Å². The predicted molar refractivity (Wildman–Crippen MR) is 46.9 cm³/mol. The van der Waals surface area contributed by atoms with E-state index in [4.69, 9.17) is 11.6 Å². The van der Waals surface area contributed by atoms with E-state index in [-0.39, 0.29) is 0 Å². The molecule has 0 saturated carbocycles. The van der Waals surface area contributed by atoms with Gasteiger partial charge in [0.2, 0.25) is 0 Å². The number of imidazole rings is 1. The highest BCUT2D eigenvalue weighted by atomic mass is 35.5. The molecule has 1 aromatic rings. The van der Waals surface area contributed by atoms with Crippen molar-refractivity contribution in [2.75, 3.05) is 0 Å². The zero-order valence-corrected chi connectivity index (χ0v) is 7.89. The van der Waals surface area contributed by atoms with Gasteiger partial charge in [-0.3, -0.25) is 0 Å². The monoisotopic (exact) mass is 172 g/mol. The summed E-state index contributed by atoms with van der Waals surface area (Å²) in [5.74, 6) is 1.01. The second-order valence-electron chi connectivity index (χ2n) is 2.98. The Balaban J connectivity index is 3.05. The minimum atomic E-state index is 0.463. The lowest BCUT2D eigenvalue weighted by Gasteiger charge is -2.03. The van der Waals surface area contributed by atoms with Crippen molar-refractivity contribution in [2.45, 2.75) is 25.6 Å². The van der Waals surface area contributed by atoms with E-state index in [2.05, 4.69) is 18.8 Å². The van der Waals surface area contributed by atoms with Crippen LogP contribution in [-0.2, 0) is 12.9 Å². The van der Waals surface area contributed by atoms with Crippen molar-refractivity contribution in [3.63, 3.8) is 0 Å². The van der Waals surface area contributed by atoms with Crippen LogP contribution in [0.4, 0.5) is 0 Å². The van der Waals surface area contributed by atoms with Crippen molar-refractivity contribution < 1.29 is 0 Å².